The zero-order valence-electron chi connectivity index (χ0n) is 13.0. The molecule has 3 nitrogen and oxygen atoms in total. The van der Waals surface area contributed by atoms with Gasteiger partial charge in [0.1, 0.15) is 0 Å². The number of carboxylic acid groups (broad SMARTS) is 1. The van der Waals surface area contributed by atoms with Crippen molar-refractivity contribution in [3.05, 3.63) is 23.8 Å². The molecule has 1 atom stereocenters. The Labute approximate surface area is 120 Å². The van der Waals surface area contributed by atoms with Crippen LogP contribution < -0.4 is 0 Å². The van der Waals surface area contributed by atoms with Gasteiger partial charge < -0.3 is 5.11 Å². The Balaban J connectivity index is 2.54. The van der Waals surface area contributed by atoms with Crippen LogP contribution in [0.3, 0.4) is 0 Å². The molecule has 0 aromatic rings. The molecule has 2 aliphatic carbocycles. The monoisotopic (exact) mass is 276 g/mol. The first-order valence-corrected chi connectivity index (χ1v) is 7.14. The van der Waals surface area contributed by atoms with Gasteiger partial charge in [0.25, 0.3) is 0 Å². The summed E-state index contributed by atoms with van der Waals surface area (Å²) in [5.74, 6) is -0.872. The average Bonchev–Trinajstić information content (AvgIpc) is 2.53. The lowest BCUT2D eigenvalue weighted by Crippen LogP contribution is -2.32. The Bertz CT molecular complexity index is 520. The Morgan fingerprint density at radius 3 is 2.20 bits per heavy atom. The number of rotatable bonds is 4. The number of Topliss-reactive ketones (excluding diaryl/α,β-unsaturated/α-hetero) is 1. The van der Waals surface area contributed by atoms with E-state index in [4.69, 9.17) is 0 Å². The fourth-order valence-corrected chi connectivity index (χ4v) is 4.70. The molecule has 0 saturated heterocycles. The maximum absolute atomic E-state index is 12.2. The van der Waals surface area contributed by atoms with Crippen LogP contribution in [0.5, 0.6) is 0 Å². The van der Waals surface area contributed by atoms with E-state index in [1.54, 1.807) is 6.08 Å². The highest BCUT2D eigenvalue weighted by Gasteiger charge is 2.84. The van der Waals surface area contributed by atoms with Gasteiger partial charge in [-0.15, -0.1) is 6.58 Å². The maximum atomic E-state index is 12.2. The molecule has 0 spiro atoms. The lowest BCUT2D eigenvalue weighted by Gasteiger charge is -2.25. The molecule has 2 aliphatic rings. The first kappa shape index (κ1) is 15.0. The second kappa shape index (κ2) is 4.06. The van der Waals surface area contributed by atoms with Crippen LogP contribution in [0.4, 0.5) is 0 Å². The average molecular weight is 276 g/mol. The van der Waals surface area contributed by atoms with Crippen LogP contribution in [0.2, 0.25) is 0 Å². The van der Waals surface area contributed by atoms with Gasteiger partial charge in [0, 0.05) is 12.3 Å². The topological polar surface area (TPSA) is 54.4 Å². The molecule has 1 fully saturated rings. The molecule has 1 saturated carbocycles. The molecule has 1 N–H and O–H groups in total. The van der Waals surface area contributed by atoms with Crippen molar-refractivity contribution < 1.29 is 14.7 Å². The normalized spacial score (nSPS) is 29.4. The number of hydrogen-bond acceptors (Lipinski definition) is 2. The Hall–Kier alpha value is -1.38. The van der Waals surface area contributed by atoms with E-state index in [0.29, 0.717) is 12.8 Å². The summed E-state index contributed by atoms with van der Waals surface area (Å²) in [5.41, 5.74) is 0.242. The van der Waals surface area contributed by atoms with Gasteiger partial charge in [0.2, 0.25) is 0 Å². The van der Waals surface area contributed by atoms with Crippen LogP contribution in [0.25, 0.3) is 0 Å². The van der Waals surface area contributed by atoms with Crippen molar-refractivity contribution in [2.45, 2.75) is 47.5 Å². The third kappa shape index (κ3) is 1.36. The largest absolute Gasteiger partial charge is 0.481 e. The first-order valence-electron chi connectivity index (χ1n) is 7.14. The van der Waals surface area contributed by atoms with Crippen molar-refractivity contribution >= 4 is 11.8 Å². The molecule has 0 aliphatic heterocycles. The Morgan fingerprint density at radius 2 is 1.85 bits per heavy atom. The fraction of sp³-hybridized carbons (Fsp3) is 0.647. The smallest absolute Gasteiger partial charge is 0.311 e. The second-order valence-electron chi connectivity index (χ2n) is 7.20. The van der Waals surface area contributed by atoms with Crippen molar-refractivity contribution in [3.8, 4) is 0 Å². The van der Waals surface area contributed by atoms with Gasteiger partial charge in [-0.2, -0.15) is 0 Å². The summed E-state index contributed by atoms with van der Waals surface area (Å²) in [6.07, 6.45) is 2.58. The van der Waals surface area contributed by atoms with Crippen LogP contribution >= 0.6 is 0 Å². The quantitative estimate of drug-likeness (QED) is 0.798. The molecule has 0 bridgehead atoms. The molecule has 0 heterocycles. The molecule has 0 aromatic heterocycles. The molecule has 3 heteroatoms. The van der Waals surface area contributed by atoms with E-state index in [-0.39, 0.29) is 22.5 Å². The van der Waals surface area contributed by atoms with Gasteiger partial charge in [-0.25, -0.2) is 0 Å². The van der Waals surface area contributed by atoms with Gasteiger partial charge in [-0.05, 0) is 29.7 Å². The zero-order valence-corrected chi connectivity index (χ0v) is 13.0. The minimum absolute atomic E-state index is 0.0894. The summed E-state index contributed by atoms with van der Waals surface area (Å²) in [6.45, 7) is 13.6. The highest BCUT2D eigenvalue weighted by molar-refractivity contribution is 6.01. The summed E-state index contributed by atoms with van der Waals surface area (Å²) < 4.78 is 0. The van der Waals surface area contributed by atoms with E-state index in [2.05, 4.69) is 6.58 Å². The van der Waals surface area contributed by atoms with E-state index >= 15 is 0 Å². The number of carboxylic acids is 1. The zero-order chi connectivity index (χ0) is 15.5. The molecule has 1 unspecified atom stereocenters. The van der Waals surface area contributed by atoms with Gasteiger partial charge >= 0.3 is 5.97 Å². The van der Waals surface area contributed by atoms with E-state index in [0.717, 1.165) is 11.1 Å². The van der Waals surface area contributed by atoms with Crippen LogP contribution in [-0.4, -0.2) is 16.9 Å². The molecule has 110 valence electrons. The van der Waals surface area contributed by atoms with E-state index in [9.17, 15) is 14.7 Å². The second-order valence-corrected chi connectivity index (χ2v) is 7.20. The SMILES string of the molecule is C=CCC1=C(C)C(C2(C(=O)O)C(C)(C)C2(C)C)CC1=O. The minimum atomic E-state index is -0.845. The summed E-state index contributed by atoms with van der Waals surface area (Å²) in [5, 5.41) is 9.90. The molecule has 20 heavy (non-hydrogen) atoms. The highest BCUT2D eigenvalue weighted by atomic mass is 16.4. The lowest BCUT2D eigenvalue weighted by molar-refractivity contribution is -0.148. The number of hydrogen-bond donors (Lipinski definition) is 1. The number of ketones is 1. The summed E-state index contributed by atoms with van der Waals surface area (Å²) >= 11 is 0. The number of aliphatic carboxylic acids is 1. The number of allylic oxidation sites excluding steroid dienone is 3. The predicted molar refractivity (Wildman–Crippen MR) is 78.3 cm³/mol. The van der Waals surface area contributed by atoms with Crippen molar-refractivity contribution in [3.63, 3.8) is 0 Å². The molecule has 0 aromatic carbocycles. The van der Waals surface area contributed by atoms with Gasteiger partial charge in [0.15, 0.2) is 5.78 Å². The molecular weight excluding hydrogens is 252 g/mol. The predicted octanol–water partition coefficient (Wildman–Crippen LogP) is 3.61. The molecular formula is C17H24O3. The molecule has 0 amide bonds. The minimum Gasteiger partial charge on any atom is -0.481 e. The first-order chi connectivity index (χ1) is 9.07. The van der Waals surface area contributed by atoms with E-state index in [1.807, 2.05) is 34.6 Å². The summed E-state index contributed by atoms with van der Waals surface area (Å²) in [7, 11) is 0. The fourth-order valence-electron chi connectivity index (χ4n) is 4.70. The highest BCUT2D eigenvalue weighted by Crippen LogP contribution is 2.82. The standard InChI is InChI=1S/C17H24O3/c1-7-8-11-10(2)12(9-13(11)18)17(14(19)20)15(3,4)16(17,5)6/h7,12H,1,8-9H2,2-6H3,(H,19,20). The summed E-state index contributed by atoms with van der Waals surface area (Å²) in [6, 6.07) is 0. The Morgan fingerprint density at radius 1 is 1.35 bits per heavy atom. The maximum Gasteiger partial charge on any atom is 0.311 e. The number of carbonyl (C=O) groups is 2. The van der Waals surface area contributed by atoms with Gasteiger partial charge in [-0.3, -0.25) is 9.59 Å². The van der Waals surface area contributed by atoms with E-state index in [1.165, 1.54) is 0 Å². The Kier molecular flexibility index (Phi) is 3.05. The van der Waals surface area contributed by atoms with E-state index < -0.39 is 11.4 Å². The van der Waals surface area contributed by atoms with Crippen LogP contribution in [-0.2, 0) is 9.59 Å². The van der Waals surface area contributed by atoms with Crippen LogP contribution in [0.1, 0.15) is 47.5 Å². The van der Waals surface area contributed by atoms with Crippen molar-refractivity contribution in [2.24, 2.45) is 22.2 Å². The van der Waals surface area contributed by atoms with Crippen LogP contribution in [0, 0.1) is 22.2 Å². The molecule has 2 rings (SSSR count). The van der Waals surface area contributed by atoms with Crippen molar-refractivity contribution in [2.75, 3.05) is 0 Å². The van der Waals surface area contributed by atoms with Crippen LogP contribution in [0.15, 0.2) is 23.8 Å². The van der Waals surface area contributed by atoms with Crippen molar-refractivity contribution in [1.82, 2.24) is 0 Å². The molecule has 0 radical (unpaired) electrons. The third-order valence-corrected chi connectivity index (χ3v) is 6.40. The number of carbonyl (C=O) groups excluding carboxylic acids is 1. The van der Waals surface area contributed by atoms with Gasteiger partial charge in [-0.1, -0.05) is 39.3 Å². The van der Waals surface area contributed by atoms with Gasteiger partial charge in [0.05, 0.1) is 5.41 Å². The lowest BCUT2D eigenvalue weighted by atomic mass is 9.77. The van der Waals surface area contributed by atoms with Crippen molar-refractivity contribution in [1.29, 1.82) is 0 Å². The third-order valence-electron chi connectivity index (χ3n) is 6.40. The summed E-state index contributed by atoms with van der Waals surface area (Å²) in [4.78, 5) is 24.3.